The summed E-state index contributed by atoms with van der Waals surface area (Å²) in [5.74, 6) is 1.68. The zero-order chi connectivity index (χ0) is 22.8. The molecular formula is C25H35N5O2. The Balaban J connectivity index is 1.60. The number of aliphatic imine (C=N–C) groups is 1. The van der Waals surface area contributed by atoms with Gasteiger partial charge in [0.1, 0.15) is 11.4 Å². The first-order chi connectivity index (χ1) is 15.6. The van der Waals surface area contributed by atoms with Gasteiger partial charge < -0.3 is 24.5 Å². The lowest BCUT2D eigenvalue weighted by Gasteiger charge is -2.13. The average molecular weight is 438 g/mol. The molecule has 0 aliphatic heterocycles. The molecule has 2 heterocycles. The average Bonchev–Trinajstić information content (AvgIpc) is 3.20. The number of benzene rings is 1. The lowest BCUT2D eigenvalue weighted by molar-refractivity contribution is 0.172. The van der Waals surface area contributed by atoms with Gasteiger partial charge in [-0.05, 0) is 44.0 Å². The molecule has 7 nitrogen and oxygen atoms in total. The van der Waals surface area contributed by atoms with Crippen molar-refractivity contribution in [3.63, 3.8) is 0 Å². The third-order valence-electron chi connectivity index (χ3n) is 5.13. The van der Waals surface area contributed by atoms with E-state index in [1.54, 1.807) is 7.11 Å². The molecule has 2 aromatic heterocycles. The Bertz CT molecular complexity index is 1030. The smallest absolute Gasteiger partial charge is 0.191 e. The van der Waals surface area contributed by atoms with Gasteiger partial charge in [-0.2, -0.15) is 0 Å². The number of ether oxygens (including phenoxy) is 2. The minimum atomic E-state index is 0.544. The highest BCUT2D eigenvalue weighted by Crippen LogP contribution is 2.21. The first-order valence-corrected chi connectivity index (χ1v) is 11.3. The predicted molar refractivity (Wildman–Crippen MR) is 130 cm³/mol. The Labute approximate surface area is 190 Å². The van der Waals surface area contributed by atoms with E-state index < -0.39 is 0 Å². The summed E-state index contributed by atoms with van der Waals surface area (Å²) in [6, 6.07) is 10.4. The molecular weight excluding hydrogens is 402 g/mol. The molecule has 1 aromatic carbocycles. The number of hydrogen-bond acceptors (Lipinski definition) is 4. The largest absolute Gasteiger partial charge is 0.493 e. The fourth-order valence-electron chi connectivity index (χ4n) is 3.45. The van der Waals surface area contributed by atoms with Crippen molar-refractivity contribution in [1.82, 2.24) is 20.0 Å². The first-order valence-electron chi connectivity index (χ1n) is 11.3. The third kappa shape index (κ3) is 6.72. The Hall–Kier alpha value is -3.06. The highest BCUT2D eigenvalue weighted by atomic mass is 16.5. The number of methoxy groups -OCH3 is 1. The van der Waals surface area contributed by atoms with Crippen molar-refractivity contribution < 1.29 is 9.47 Å². The van der Waals surface area contributed by atoms with Gasteiger partial charge in [0.25, 0.3) is 0 Å². The van der Waals surface area contributed by atoms with Crippen molar-refractivity contribution >= 4 is 11.6 Å². The molecule has 0 saturated carbocycles. The molecule has 32 heavy (non-hydrogen) atoms. The number of nitrogens with zero attached hydrogens (tertiary/aromatic N) is 3. The highest BCUT2D eigenvalue weighted by molar-refractivity contribution is 5.79. The van der Waals surface area contributed by atoms with E-state index in [4.69, 9.17) is 19.5 Å². The summed E-state index contributed by atoms with van der Waals surface area (Å²) in [5, 5.41) is 6.74. The van der Waals surface area contributed by atoms with Crippen LogP contribution in [0, 0.1) is 13.8 Å². The van der Waals surface area contributed by atoms with E-state index >= 15 is 0 Å². The number of nitrogens with one attached hydrogen (secondary N) is 2. The minimum Gasteiger partial charge on any atom is -0.493 e. The molecule has 3 aromatic rings. The number of fused-ring (bicyclic) bond motifs is 1. The molecule has 172 valence electrons. The molecule has 0 amide bonds. The molecule has 0 saturated heterocycles. The maximum absolute atomic E-state index is 5.99. The molecule has 0 bridgehead atoms. The Morgan fingerprint density at radius 1 is 1.16 bits per heavy atom. The Morgan fingerprint density at radius 3 is 2.81 bits per heavy atom. The first kappa shape index (κ1) is 23.6. The van der Waals surface area contributed by atoms with Crippen molar-refractivity contribution in [2.24, 2.45) is 4.99 Å². The molecule has 0 unspecified atom stereocenters. The van der Waals surface area contributed by atoms with Crippen LogP contribution in [0.1, 0.15) is 35.7 Å². The van der Waals surface area contributed by atoms with Gasteiger partial charge >= 0.3 is 0 Å². The highest BCUT2D eigenvalue weighted by Gasteiger charge is 2.07. The summed E-state index contributed by atoms with van der Waals surface area (Å²) >= 11 is 0. The monoisotopic (exact) mass is 437 g/mol. The zero-order valence-corrected chi connectivity index (χ0v) is 19.6. The molecule has 2 N–H and O–H groups in total. The molecule has 0 atom stereocenters. The second-order valence-electron chi connectivity index (χ2n) is 7.83. The van der Waals surface area contributed by atoms with Crippen LogP contribution in [0.5, 0.6) is 5.75 Å². The van der Waals surface area contributed by atoms with Crippen LogP contribution in [0.4, 0.5) is 0 Å². The van der Waals surface area contributed by atoms with E-state index in [1.807, 2.05) is 12.3 Å². The summed E-state index contributed by atoms with van der Waals surface area (Å²) in [5.41, 5.74) is 5.50. The number of imidazole rings is 1. The maximum Gasteiger partial charge on any atom is 0.191 e. The predicted octanol–water partition coefficient (Wildman–Crippen LogP) is 3.66. The zero-order valence-electron chi connectivity index (χ0n) is 19.6. The van der Waals surface area contributed by atoms with Gasteiger partial charge in [0.2, 0.25) is 0 Å². The maximum atomic E-state index is 5.99. The SMILES string of the molecule is CCNC(=NCc1ccc(C)cc1OCCCOC)NCCc1cn2cccc(C)c2n1. The van der Waals surface area contributed by atoms with Crippen LogP contribution in [0.2, 0.25) is 0 Å². The molecule has 7 heteroatoms. The topological polar surface area (TPSA) is 72.2 Å². The van der Waals surface area contributed by atoms with Crippen LogP contribution in [-0.2, 0) is 17.7 Å². The molecule has 0 spiro atoms. The van der Waals surface area contributed by atoms with Crippen molar-refractivity contribution in [2.45, 2.75) is 40.2 Å². The summed E-state index contributed by atoms with van der Waals surface area (Å²) in [6.07, 6.45) is 5.81. The van der Waals surface area contributed by atoms with Crippen LogP contribution in [0.15, 0.2) is 47.7 Å². The number of rotatable bonds is 11. The summed E-state index contributed by atoms with van der Waals surface area (Å²) in [7, 11) is 1.71. The van der Waals surface area contributed by atoms with Gasteiger partial charge in [-0.25, -0.2) is 9.98 Å². The van der Waals surface area contributed by atoms with E-state index in [0.29, 0.717) is 19.8 Å². The van der Waals surface area contributed by atoms with Crippen molar-refractivity contribution in [3.05, 3.63) is 65.1 Å². The lowest BCUT2D eigenvalue weighted by Crippen LogP contribution is -2.38. The van der Waals surface area contributed by atoms with Gasteiger partial charge in [0, 0.05) is 57.6 Å². The van der Waals surface area contributed by atoms with Crippen molar-refractivity contribution in [2.75, 3.05) is 33.4 Å². The van der Waals surface area contributed by atoms with Crippen LogP contribution in [0.25, 0.3) is 5.65 Å². The Morgan fingerprint density at radius 2 is 2.03 bits per heavy atom. The van der Waals surface area contributed by atoms with Crippen molar-refractivity contribution in [3.8, 4) is 5.75 Å². The number of pyridine rings is 1. The van der Waals surface area contributed by atoms with E-state index in [-0.39, 0.29) is 0 Å². The quantitative estimate of drug-likeness (QED) is 0.272. The van der Waals surface area contributed by atoms with E-state index in [2.05, 4.69) is 66.3 Å². The number of guanidine groups is 1. The number of aromatic nitrogens is 2. The van der Waals surface area contributed by atoms with Crippen LogP contribution in [0.3, 0.4) is 0 Å². The van der Waals surface area contributed by atoms with Crippen LogP contribution in [-0.4, -0.2) is 48.8 Å². The van der Waals surface area contributed by atoms with E-state index in [9.17, 15) is 0 Å². The second-order valence-corrected chi connectivity index (χ2v) is 7.83. The van der Waals surface area contributed by atoms with Gasteiger partial charge in [0.05, 0.1) is 18.8 Å². The fraction of sp³-hybridized carbons (Fsp3) is 0.440. The Kier molecular flexibility index (Phi) is 8.92. The number of aryl methyl sites for hydroxylation is 2. The summed E-state index contributed by atoms with van der Waals surface area (Å²) in [4.78, 5) is 9.52. The third-order valence-corrected chi connectivity index (χ3v) is 5.13. The lowest BCUT2D eigenvalue weighted by atomic mass is 10.1. The van der Waals surface area contributed by atoms with Gasteiger partial charge in [-0.3, -0.25) is 0 Å². The van der Waals surface area contributed by atoms with Gasteiger partial charge in [-0.1, -0.05) is 18.2 Å². The second kappa shape index (κ2) is 12.1. The normalized spacial score (nSPS) is 11.7. The molecule has 0 fully saturated rings. The van der Waals surface area contributed by atoms with Gasteiger partial charge in [-0.15, -0.1) is 0 Å². The summed E-state index contributed by atoms with van der Waals surface area (Å²) < 4.78 is 13.2. The molecule has 0 aliphatic rings. The number of hydrogen-bond donors (Lipinski definition) is 2. The summed E-state index contributed by atoms with van der Waals surface area (Å²) in [6.45, 7) is 9.64. The molecule has 3 rings (SSSR count). The minimum absolute atomic E-state index is 0.544. The van der Waals surface area contributed by atoms with Crippen molar-refractivity contribution in [1.29, 1.82) is 0 Å². The van der Waals surface area contributed by atoms with E-state index in [1.165, 1.54) is 11.1 Å². The van der Waals surface area contributed by atoms with Gasteiger partial charge in [0.15, 0.2) is 5.96 Å². The van der Waals surface area contributed by atoms with Crippen LogP contribution < -0.4 is 15.4 Å². The molecule has 0 aliphatic carbocycles. The standard InChI is InChI=1S/C25H35N5O2/c1-5-26-25(27-12-11-22-18-30-13-6-8-20(3)24(30)29-22)28-17-21-10-9-19(2)16-23(21)32-15-7-14-31-4/h6,8-10,13,16,18H,5,7,11-12,14-15,17H2,1-4H3,(H2,26,27,28). The molecule has 0 radical (unpaired) electrons. The fourth-order valence-corrected chi connectivity index (χ4v) is 3.45. The van der Waals surface area contributed by atoms with E-state index in [0.717, 1.165) is 54.5 Å². The van der Waals surface area contributed by atoms with Crippen LogP contribution >= 0.6 is 0 Å².